The normalized spacial score (nSPS) is 11.4. The lowest BCUT2D eigenvalue weighted by Gasteiger charge is -2.07. The van der Waals surface area contributed by atoms with Crippen molar-refractivity contribution in [2.45, 2.75) is 18.0 Å². The second-order valence-electron chi connectivity index (χ2n) is 5.45. The van der Waals surface area contributed by atoms with Gasteiger partial charge in [0, 0.05) is 18.7 Å². The van der Waals surface area contributed by atoms with Crippen LogP contribution in [0.15, 0.2) is 71.9 Å². The molecule has 25 heavy (non-hydrogen) atoms. The van der Waals surface area contributed by atoms with E-state index in [2.05, 4.69) is 14.7 Å². The fraction of sp³-hybridized carbons (Fsp3) is 0.111. The molecule has 7 heteroatoms. The van der Waals surface area contributed by atoms with E-state index in [0.717, 1.165) is 16.7 Å². The molecule has 3 rings (SSSR count). The Morgan fingerprint density at radius 1 is 0.880 bits per heavy atom. The lowest BCUT2D eigenvalue weighted by molar-refractivity contribution is 0.580. The van der Waals surface area contributed by atoms with Crippen LogP contribution in [0.2, 0.25) is 0 Å². The molecule has 0 aliphatic rings. The summed E-state index contributed by atoms with van der Waals surface area (Å²) < 4.78 is 27.3. The van der Waals surface area contributed by atoms with Gasteiger partial charge in [0.05, 0.1) is 12.4 Å². The molecule has 0 saturated carbocycles. The molecule has 0 unspecified atom stereocenters. The molecule has 2 aromatic carbocycles. The number of nitrogens with two attached hydrogens (primary N) is 1. The Bertz CT molecular complexity index is 925. The van der Waals surface area contributed by atoms with Crippen LogP contribution in [0.25, 0.3) is 11.4 Å². The highest BCUT2D eigenvalue weighted by molar-refractivity contribution is 7.89. The summed E-state index contributed by atoms with van der Waals surface area (Å²) in [6.45, 7) is 0.644. The first-order chi connectivity index (χ1) is 12.1. The number of nitrogens with zero attached hydrogens (tertiary/aromatic N) is 2. The smallest absolute Gasteiger partial charge is 0.243 e. The SMILES string of the molecule is NCc1ccc(CNS(=O)(=O)c2cnc(-c3ccccc3)nc2)cc1. The maximum Gasteiger partial charge on any atom is 0.243 e. The molecule has 3 N–H and O–H groups in total. The second kappa shape index (κ2) is 7.52. The minimum Gasteiger partial charge on any atom is -0.326 e. The Morgan fingerprint density at radius 3 is 2.08 bits per heavy atom. The molecule has 0 aliphatic heterocycles. The van der Waals surface area contributed by atoms with Crippen LogP contribution in [-0.2, 0) is 23.1 Å². The predicted octanol–water partition coefficient (Wildman–Crippen LogP) is 2.08. The third-order valence-electron chi connectivity index (χ3n) is 3.70. The fourth-order valence-corrected chi connectivity index (χ4v) is 3.15. The van der Waals surface area contributed by atoms with Gasteiger partial charge in [-0.3, -0.25) is 0 Å². The van der Waals surface area contributed by atoms with Crippen LogP contribution in [0.1, 0.15) is 11.1 Å². The molecule has 0 aliphatic carbocycles. The standard InChI is InChI=1S/C18H18N4O2S/c19-10-14-6-8-15(9-7-14)11-22-25(23,24)17-12-20-18(21-13-17)16-4-2-1-3-5-16/h1-9,12-13,22H,10-11,19H2. The molecule has 3 aromatic rings. The van der Waals surface area contributed by atoms with Gasteiger partial charge in [-0.2, -0.15) is 0 Å². The molecule has 0 fully saturated rings. The van der Waals surface area contributed by atoms with Crippen molar-refractivity contribution in [2.24, 2.45) is 5.73 Å². The zero-order chi connectivity index (χ0) is 17.7. The number of benzene rings is 2. The largest absolute Gasteiger partial charge is 0.326 e. The summed E-state index contributed by atoms with van der Waals surface area (Å²) in [4.78, 5) is 8.33. The summed E-state index contributed by atoms with van der Waals surface area (Å²) in [7, 11) is -3.67. The topological polar surface area (TPSA) is 98.0 Å². The van der Waals surface area contributed by atoms with Gasteiger partial charge in [-0.15, -0.1) is 0 Å². The van der Waals surface area contributed by atoms with Crippen molar-refractivity contribution in [2.75, 3.05) is 0 Å². The third kappa shape index (κ3) is 4.27. The van der Waals surface area contributed by atoms with Crippen LogP contribution in [0.5, 0.6) is 0 Å². The van der Waals surface area contributed by atoms with E-state index in [9.17, 15) is 8.42 Å². The number of nitrogens with one attached hydrogen (secondary N) is 1. The van der Waals surface area contributed by atoms with Crippen molar-refractivity contribution in [3.63, 3.8) is 0 Å². The molecule has 1 heterocycles. The molecule has 0 atom stereocenters. The van der Waals surface area contributed by atoms with E-state index >= 15 is 0 Å². The van der Waals surface area contributed by atoms with Gasteiger partial charge < -0.3 is 5.73 Å². The highest BCUT2D eigenvalue weighted by atomic mass is 32.2. The maximum absolute atomic E-state index is 12.4. The molecule has 0 bridgehead atoms. The fourth-order valence-electron chi connectivity index (χ4n) is 2.25. The zero-order valence-corrected chi connectivity index (χ0v) is 14.3. The Kier molecular flexibility index (Phi) is 5.18. The molecule has 6 nitrogen and oxygen atoms in total. The van der Waals surface area contributed by atoms with Crippen molar-refractivity contribution >= 4 is 10.0 Å². The maximum atomic E-state index is 12.4. The van der Waals surface area contributed by atoms with Gasteiger partial charge in [0.15, 0.2) is 5.82 Å². The van der Waals surface area contributed by atoms with E-state index in [4.69, 9.17) is 5.73 Å². The molecule has 128 valence electrons. The van der Waals surface area contributed by atoms with E-state index in [1.165, 1.54) is 12.4 Å². The van der Waals surface area contributed by atoms with Crippen molar-refractivity contribution < 1.29 is 8.42 Å². The monoisotopic (exact) mass is 354 g/mol. The minimum atomic E-state index is -3.67. The summed E-state index contributed by atoms with van der Waals surface area (Å²) in [5, 5.41) is 0. The zero-order valence-electron chi connectivity index (χ0n) is 13.5. The average Bonchev–Trinajstić information content (AvgIpc) is 2.68. The minimum absolute atomic E-state index is 0.0331. The molecule has 0 amide bonds. The van der Waals surface area contributed by atoms with Crippen LogP contribution in [0, 0.1) is 0 Å². The number of aromatic nitrogens is 2. The van der Waals surface area contributed by atoms with Crippen molar-refractivity contribution in [3.05, 3.63) is 78.1 Å². The molecule has 1 aromatic heterocycles. The summed E-state index contributed by atoms with van der Waals surface area (Å²) in [6.07, 6.45) is 2.63. The average molecular weight is 354 g/mol. The van der Waals surface area contributed by atoms with Gasteiger partial charge in [0.2, 0.25) is 10.0 Å². The van der Waals surface area contributed by atoms with Gasteiger partial charge in [-0.05, 0) is 11.1 Å². The quantitative estimate of drug-likeness (QED) is 0.706. The summed E-state index contributed by atoms with van der Waals surface area (Å²) in [5.41, 5.74) is 8.23. The van der Waals surface area contributed by atoms with Gasteiger partial charge in [-0.25, -0.2) is 23.1 Å². The summed E-state index contributed by atoms with van der Waals surface area (Å²) >= 11 is 0. The molecule has 0 radical (unpaired) electrons. The highest BCUT2D eigenvalue weighted by Crippen LogP contribution is 2.15. The van der Waals surface area contributed by atoms with Crippen LogP contribution in [0.4, 0.5) is 0 Å². The lowest BCUT2D eigenvalue weighted by Crippen LogP contribution is -2.23. The van der Waals surface area contributed by atoms with E-state index in [-0.39, 0.29) is 11.4 Å². The molecular formula is C18H18N4O2S. The van der Waals surface area contributed by atoms with E-state index in [1.807, 2.05) is 54.6 Å². The van der Waals surface area contributed by atoms with Crippen molar-refractivity contribution in [1.29, 1.82) is 0 Å². The van der Waals surface area contributed by atoms with Gasteiger partial charge >= 0.3 is 0 Å². The van der Waals surface area contributed by atoms with E-state index < -0.39 is 10.0 Å². The summed E-state index contributed by atoms with van der Waals surface area (Å²) in [5.74, 6) is 0.483. The van der Waals surface area contributed by atoms with Crippen molar-refractivity contribution in [1.82, 2.24) is 14.7 Å². The van der Waals surface area contributed by atoms with Crippen LogP contribution >= 0.6 is 0 Å². The number of rotatable bonds is 6. The second-order valence-corrected chi connectivity index (χ2v) is 7.22. The van der Waals surface area contributed by atoms with Crippen LogP contribution < -0.4 is 10.5 Å². The number of hydrogen-bond acceptors (Lipinski definition) is 5. The molecule has 0 saturated heterocycles. The predicted molar refractivity (Wildman–Crippen MR) is 95.8 cm³/mol. The Morgan fingerprint density at radius 2 is 1.48 bits per heavy atom. The Hall–Kier alpha value is -2.61. The number of sulfonamides is 1. The van der Waals surface area contributed by atoms with Crippen LogP contribution in [0.3, 0.4) is 0 Å². The van der Waals surface area contributed by atoms with Crippen LogP contribution in [-0.4, -0.2) is 18.4 Å². The van der Waals surface area contributed by atoms with E-state index in [0.29, 0.717) is 12.4 Å². The first-order valence-corrected chi connectivity index (χ1v) is 9.22. The third-order valence-corrected chi connectivity index (χ3v) is 5.05. The Balaban J connectivity index is 1.71. The van der Waals surface area contributed by atoms with Gasteiger partial charge in [0.1, 0.15) is 4.90 Å². The molecular weight excluding hydrogens is 336 g/mol. The highest BCUT2D eigenvalue weighted by Gasteiger charge is 2.15. The summed E-state index contributed by atoms with van der Waals surface area (Å²) in [6, 6.07) is 16.8. The molecule has 0 spiro atoms. The van der Waals surface area contributed by atoms with Gasteiger partial charge in [0.25, 0.3) is 0 Å². The first kappa shape index (κ1) is 17.2. The van der Waals surface area contributed by atoms with Gasteiger partial charge in [-0.1, -0.05) is 54.6 Å². The number of hydrogen-bond donors (Lipinski definition) is 2. The van der Waals surface area contributed by atoms with Crippen molar-refractivity contribution in [3.8, 4) is 11.4 Å². The Labute approximate surface area is 146 Å². The lowest BCUT2D eigenvalue weighted by atomic mass is 10.1. The first-order valence-electron chi connectivity index (χ1n) is 7.73. The van der Waals surface area contributed by atoms with E-state index in [1.54, 1.807) is 0 Å².